The third kappa shape index (κ3) is 4.05. The number of alkyl halides is 3. The molecule has 0 saturated carbocycles. The molecule has 1 aromatic carbocycles. The summed E-state index contributed by atoms with van der Waals surface area (Å²) >= 11 is 0. The average molecular weight is 399 g/mol. The smallest absolute Gasteiger partial charge is 0.416 e. The van der Waals surface area contributed by atoms with Gasteiger partial charge < -0.3 is 8.98 Å². The van der Waals surface area contributed by atoms with Crippen molar-refractivity contribution < 1.29 is 26.0 Å². The van der Waals surface area contributed by atoms with Crippen LogP contribution in [0.3, 0.4) is 0 Å². The summed E-state index contributed by atoms with van der Waals surface area (Å²) in [6, 6.07) is 4.18. The zero-order chi connectivity index (χ0) is 19.8. The van der Waals surface area contributed by atoms with Gasteiger partial charge in [-0.05, 0) is 38.1 Å². The summed E-state index contributed by atoms with van der Waals surface area (Å²) < 4.78 is 69.8. The van der Waals surface area contributed by atoms with Crippen molar-refractivity contribution in [1.82, 2.24) is 14.5 Å². The molecule has 0 aliphatic rings. The summed E-state index contributed by atoms with van der Waals surface area (Å²) in [5, 5.41) is -0.0726. The van der Waals surface area contributed by atoms with Crippen molar-refractivity contribution in [2.45, 2.75) is 37.0 Å². The van der Waals surface area contributed by atoms with Crippen LogP contribution >= 0.6 is 0 Å². The molecule has 2 heterocycles. The van der Waals surface area contributed by atoms with Crippen molar-refractivity contribution in [3.05, 3.63) is 54.2 Å². The number of rotatable bonds is 5. The summed E-state index contributed by atoms with van der Waals surface area (Å²) in [6.07, 6.45) is -0.281. The molecule has 0 saturated heterocycles. The molecule has 2 aromatic heterocycles. The Morgan fingerprint density at radius 1 is 1.19 bits per heavy atom. The van der Waals surface area contributed by atoms with Gasteiger partial charge in [0.25, 0.3) is 0 Å². The van der Waals surface area contributed by atoms with Crippen LogP contribution in [0.25, 0.3) is 11.5 Å². The largest absolute Gasteiger partial charge is 0.444 e. The summed E-state index contributed by atoms with van der Waals surface area (Å²) in [5.74, 6) is -0.387. The van der Waals surface area contributed by atoms with Crippen LogP contribution in [0, 0.1) is 0 Å². The van der Waals surface area contributed by atoms with E-state index in [9.17, 15) is 21.6 Å². The lowest BCUT2D eigenvalue weighted by molar-refractivity contribution is -0.137. The fourth-order valence-electron chi connectivity index (χ4n) is 2.50. The third-order valence-electron chi connectivity index (χ3n) is 3.82. The Labute approximate surface area is 153 Å². The highest BCUT2D eigenvalue weighted by Gasteiger charge is 2.30. The minimum atomic E-state index is -4.44. The zero-order valence-corrected chi connectivity index (χ0v) is 15.3. The maximum atomic E-state index is 12.6. The molecule has 27 heavy (non-hydrogen) atoms. The molecule has 6 nitrogen and oxygen atoms in total. The Kier molecular flexibility index (Phi) is 4.85. The molecule has 0 atom stereocenters. The van der Waals surface area contributed by atoms with E-state index < -0.39 is 27.3 Å². The van der Waals surface area contributed by atoms with Gasteiger partial charge in [0.2, 0.25) is 20.9 Å². The second kappa shape index (κ2) is 6.84. The van der Waals surface area contributed by atoms with Crippen LogP contribution in [-0.2, 0) is 21.8 Å². The number of sulfone groups is 1. The molecule has 10 heteroatoms. The van der Waals surface area contributed by atoms with E-state index in [1.807, 2.05) is 13.8 Å². The summed E-state index contributed by atoms with van der Waals surface area (Å²) in [7, 11) is -3.76. The monoisotopic (exact) mass is 399 g/mol. The van der Waals surface area contributed by atoms with Gasteiger partial charge in [-0.3, -0.25) is 0 Å². The van der Waals surface area contributed by atoms with Gasteiger partial charge >= 0.3 is 6.18 Å². The molecule has 144 valence electrons. The Morgan fingerprint density at radius 2 is 1.85 bits per heavy atom. The second-order valence-electron chi connectivity index (χ2n) is 6.19. The van der Waals surface area contributed by atoms with Gasteiger partial charge in [0.05, 0.1) is 11.3 Å². The van der Waals surface area contributed by atoms with Gasteiger partial charge in [-0.1, -0.05) is 0 Å². The van der Waals surface area contributed by atoms with Crippen LogP contribution in [-0.4, -0.2) is 23.0 Å². The topological polar surface area (TPSA) is 78.0 Å². The van der Waals surface area contributed by atoms with Crippen molar-refractivity contribution in [3.8, 4) is 11.5 Å². The van der Waals surface area contributed by atoms with Gasteiger partial charge in [-0.25, -0.2) is 18.4 Å². The average Bonchev–Trinajstić information content (AvgIpc) is 3.23. The summed E-state index contributed by atoms with van der Waals surface area (Å²) in [4.78, 5) is 7.99. The van der Waals surface area contributed by atoms with Crippen LogP contribution in [0.5, 0.6) is 0 Å². The molecular formula is C17H16F3N3O3S. The molecule has 3 aromatic rings. The van der Waals surface area contributed by atoms with Crippen LogP contribution in [0.1, 0.15) is 31.1 Å². The molecule has 0 radical (unpaired) electrons. The number of halogens is 3. The van der Waals surface area contributed by atoms with E-state index in [-0.39, 0.29) is 22.8 Å². The summed E-state index contributed by atoms with van der Waals surface area (Å²) in [6.45, 7) is 3.67. The van der Waals surface area contributed by atoms with Gasteiger partial charge in [0, 0.05) is 24.0 Å². The molecule has 0 aliphatic heterocycles. The van der Waals surface area contributed by atoms with E-state index in [1.165, 1.54) is 29.2 Å². The van der Waals surface area contributed by atoms with E-state index in [0.29, 0.717) is 5.56 Å². The minimum Gasteiger partial charge on any atom is -0.444 e. The fourth-order valence-corrected chi connectivity index (χ4v) is 3.97. The maximum Gasteiger partial charge on any atom is 0.416 e. The van der Waals surface area contributed by atoms with Crippen molar-refractivity contribution in [2.75, 3.05) is 0 Å². The van der Waals surface area contributed by atoms with Crippen LogP contribution < -0.4 is 0 Å². The normalized spacial score (nSPS) is 12.7. The summed E-state index contributed by atoms with van der Waals surface area (Å²) in [5.41, 5.74) is -0.334. The highest BCUT2D eigenvalue weighted by Crippen LogP contribution is 2.31. The molecule has 0 amide bonds. The number of nitrogens with zero attached hydrogens (tertiary/aromatic N) is 3. The molecular weight excluding hydrogens is 383 g/mol. The predicted molar refractivity (Wildman–Crippen MR) is 90.4 cm³/mol. The lowest BCUT2D eigenvalue weighted by Crippen LogP contribution is -2.14. The van der Waals surface area contributed by atoms with E-state index in [4.69, 9.17) is 4.42 Å². The van der Waals surface area contributed by atoms with Gasteiger partial charge in [-0.2, -0.15) is 13.2 Å². The van der Waals surface area contributed by atoms with Crippen LogP contribution in [0.4, 0.5) is 13.2 Å². The second-order valence-corrected chi connectivity index (χ2v) is 8.07. The van der Waals surface area contributed by atoms with Crippen molar-refractivity contribution in [2.24, 2.45) is 0 Å². The quantitative estimate of drug-likeness (QED) is 0.645. The first-order valence-electron chi connectivity index (χ1n) is 7.95. The molecule has 0 bridgehead atoms. The van der Waals surface area contributed by atoms with Gasteiger partial charge in [-0.15, -0.1) is 0 Å². The number of aromatic nitrogens is 3. The van der Waals surface area contributed by atoms with Crippen molar-refractivity contribution in [1.29, 1.82) is 0 Å². The number of benzene rings is 1. The van der Waals surface area contributed by atoms with Gasteiger partial charge in [0.15, 0.2) is 0 Å². The van der Waals surface area contributed by atoms with E-state index in [0.717, 1.165) is 12.1 Å². The number of hydrogen-bond acceptors (Lipinski definition) is 5. The lowest BCUT2D eigenvalue weighted by atomic mass is 10.1. The molecule has 0 fully saturated rings. The van der Waals surface area contributed by atoms with E-state index >= 15 is 0 Å². The van der Waals surface area contributed by atoms with Crippen LogP contribution in [0.2, 0.25) is 0 Å². The van der Waals surface area contributed by atoms with Crippen molar-refractivity contribution >= 4 is 9.84 Å². The molecule has 3 rings (SSSR count). The number of imidazole rings is 1. The SMILES string of the molecule is CC(C)n1ccnc1S(=O)(=O)Cc1coc(-c2ccc(C(F)(F)F)cc2)n1. The van der Waals surface area contributed by atoms with Crippen LogP contribution in [0.15, 0.2) is 52.5 Å². The Morgan fingerprint density at radius 3 is 2.44 bits per heavy atom. The third-order valence-corrected chi connectivity index (χ3v) is 5.36. The predicted octanol–water partition coefficient (Wildman–Crippen LogP) is 4.11. The molecule has 0 N–H and O–H groups in total. The Balaban J connectivity index is 1.83. The Hall–Kier alpha value is -2.62. The minimum absolute atomic E-state index is 0.0427. The lowest BCUT2D eigenvalue weighted by Gasteiger charge is -2.10. The zero-order valence-electron chi connectivity index (χ0n) is 14.4. The first-order valence-corrected chi connectivity index (χ1v) is 9.61. The number of hydrogen-bond donors (Lipinski definition) is 0. The van der Waals surface area contributed by atoms with E-state index in [1.54, 1.807) is 6.20 Å². The first-order chi connectivity index (χ1) is 12.6. The highest BCUT2D eigenvalue weighted by atomic mass is 32.2. The van der Waals surface area contributed by atoms with Gasteiger partial charge in [0.1, 0.15) is 12.0 Å². The highest BCUT2D eigenvalue weighted by molar-refractivity contribution is 7.90. The fraction of sp³-hybridized carbons (Fsp3) is 0.294. The van der Waals surface area contributed by atoms with Crippen molar-refractivity contribution in [3.63, 3.8) is 0 Å². The standard InChI is InChI=1S/C17H16F3N3O3S/c1-11(2)23-8-7-21-16(23)27(24,25)10-14-9-26-15(22-14)12-3-5-13(6-4-12)17(18,19)20/h3-9,11H,10H2,1-2H3. The molecule has 0 unspecified atom stereocenters. The first kappa shape index (κ1) is 19.2. The maximum absolute atomic E-state index is 12.6. The molecule has 0 aliphatic carbocycles. The number of oxazole rings is 1. The van der Waals surface area contributed by atoms with E-state index in [2.05, 4.69) is 9.97 Å². The Bertz CT molecular complexity index is 1040. The molecule has 0 spiro atoms.